The first-order chi connectivity index (χ1) is 20.9. The summed E-state index contributed by atoms with van der Waals surface area (Å²) in [5, 5.41) is 11.5. The Morgan fingerprint density at radius 2 is 1.64 bits per heavy atom. The minimum atomic E-state index is -1.01. The van der Waals surface area contributed by atoms with Crippen molar-refractivity contribution >= 4 is 34.1 Å². The van der Waals surface area contributed by atoms with Crippen LogP contribution in [0.3, 0.4) is 0 Å². The number of amides is 2. The fraction of sp³-hybridized carbons (Fsp3) is 0.364. The van der Waals surface area contributed by atoms with Gasteiger partial charge in [0, 0.05) is 53.9 Å². The summed E-state index contributed by atoms with van der Waals surface area (Å²) in [5.41, 5.74) is 3.36. The maximum atomic E-state index is 13.9. The Bertz CT molecular complexity index is 1730. The summed E-state index contributed by atoms with van der Waals surface area (Å²) in [6.45, 7) is 12.1. The van der Waals surface area contributed by atoms with Gasteiger partial charge >= 0.3 is 0 Å². The Hall–Kier alpha value is -4.51. The van der Waals surface area contributed by atoms with E-state index in [-0.39, 0.29) is 33.7 Å². The summed E-state index contributed by atoms with van der Waals surface area (Å²) in [6.07, 6.45) is 0.365. The third-order valence-electron chi connectivity index (χ3n) is 7.77. The van der Waals surface area contributed by atoms with E-state index in [9.17, 15) is 14.4 Å². The summed E-state index contributed by atoms with van der Waals surface area (Å²) < 4.78 is 6.24. The number of carbonyl (C=O) groups excluding carboxylic acids is 3. The van der Waals surface area contributed by atoms with Crippen LogP contribution >= 0.6 is 11.3 Å². The highest BCUT2D eigenvalue weighted by molar-refractivity contribution is 7.17. The van der Waals surface area contributed by atoms with Gasteiger partial charge in [0.2, 0.25) is 22.8 Å². The zero-order chi connectivity index (χ0) is 31.8. The highest BCUT2D eigenvalue weighted by Crippen LogP contribution is 2.51. The van der Waals surface area contributed by atoms with Crippen molar-refractivity contribution in [1.29, 1.82) is 0 Å². The topological polar surface area (TPSA) is 127 Å². The second-order valence-electron chi connectivity index (χ2n) is 12.0. The van der Waals surface area contributed by atoms with Gasteiger partial charge in [0.25, 0.3) is 5.91 Å². The number of pyridine rings is 2. The number of fused-ring (bicyclic) bond motifs is 2. The number of nitrogens with one attached hydrogen (secondary N) is 1. The van der Waals surface area contributed by atoms with Crippen molar-refractivity contribution in [3.8, 4) is 23.0 Å². The number of ketones is 1. The predicted molar refractivity (Wildman–Crippen MR) is 169 cm³/mol. The lowest BCUT2D eigenvalue weighted by molar-refractivity contribution is -0.124. The molecule has 0 bridgehead atoms. The number of carbonyl (C=O) groups is 3. The van der Waals surface area contributed by atoms with E-state index in [2.05, 4.69) is 20.5 Å². The van der Waals surface area contributed by atoms with Crippen molar-refractivity contribution in [1.82, 2.24) is 25.1 Å². The van der Waals surface area contributed by atoms with Crippen LogP contribution in [0.15, 0.2) is 48.5 Å². The zero-order valence-corrected chi connectivity index (χ0v) is 26.8. The largest absolute Gasteiger partial charge is 0.420 e. The molecule has 1 aromatic carbocycles. The molecule has 1 atom stereocenters. The standard InChI is InChI=1S/C33H36N6O4S/c1-8-39(7)30(41)21-12-10-20(11-13-21)24-16-15-23-26(22-14-9-19(4)34-27(22)43-28(23)35-24)33(5,6)31(42)36-32-38-37-29(44-32)25(40)17-18(2)3/h9-16,18,26H,8,17H2,1-7H3,(H,36,38,42)/t26-/m0/s1. The SMILES string of the molecule is CCN(C)C(=O)c1ccc(-c2ccc3c(n2)Oc2nc(C)ccc2[C@@H]3C(C)(C)C(=O)Nc2nnc(C(=O)CC(C)C)s2)cc1. The van der Waals surface area contributed by atoms with Gasteiger partial charge in [0.05, 0.1) is 11.1 Å². The number of aromatic nitrogens is 4. The number of nitrogens with zero attached hydrogens (tertiary/aromatic N) is 5. The van der Waals surface area contributed by atoms with Crippen LogP contribution < -0.4 is 10.1 Å². The molecule has 0 saturated heterocycles. The Morgan fingerprint density at radius 1 is 0.977 bits per heavy atom. The van der Waals surface area contributed by atoms with Crippen LogP contribution in [0.25, 0.3) is 11.3 Å². The summed E-state index contributed by atoms with van der Waals surface area (Å²) >= 11 is 1.08. The van der Waals surface area contributed by atoms with Gasteiger partial charge < -0.3 is 15.0 Å². The van der Waals surface area contributed by atoms with Crippen molar-refractivity contribution in [2.45, 2.75) is 53.9 Å². The average Bonchev–Trinajstić information content (AvgIpc) is 3.47. The van der Waals surface area contributed by atoms with E-state index in [1.807, 2.05) is 77.9 Å². The first-order valence-electron chi connectivity index (χ1n) is 14.6. The molecule has 0 radical (unpaired) electrons. The average molecular weight is 613 g/mol. The number of rotatable bonds is 9. The van der Waals surface area contributed by atoms with Gasteiger partial charge in [-0.15, -0.1) is 10.2 Å². The van der Waals surface area contributed by atoms with E-state index in [0.717, 1.165) is 33.7 Å². The second kappa shape index (κ2) is 12.2. The van der Waals surface area contributed by atoms with E-state index in [1.165, 1.54) is 0 Å². The van der Waals surface area contributed by atoms with E-state index >= 15 is 0 Å². The summed E-state index contributed by atoms with van der Waals surface area (Å²) in [7, 11) is 1.77. The molecule has 0 unspecified atom stereocenters. The molecule has 0 spiro atoms. The minimum Gasteiger partial charge on any atom is -0.420 e. The highest BCUT2D eigenvalue weighted by atomic mass is 32.1. The fourth-order valence-corrected chi connectivity index (χ4v) is 5.86. The Morgan fingerprint density at radius 3 is 2.30 bits per heavy atom. The second-order valence-corrected chi connectivity index (χ2v) is 13.0. The first kappa shape index (κ1) is 30.9. The molecule has 44 heavy (non-hydrogen) atoms. The molecule has 3 aromatic heterocycles. The molecule has 0 saturated carbocycles. The van der Waals surface area contributed by atoms with Crippen LogP contribution in [0.5, 0.6) is 11.8 Å². The van der Waals surface area contributed by atoms with Gasteiger partial charge in [-0.2, -0.15) is 0 Å². The zero-order valence-electron chi connectivity index (χ0n) is 26.0. The lowest BCUT2D eigenvalue weighted by Crippen LogP contribution is -2.38. The van der Waals surface area contributed by atoms with E-state index in [4.69, 9.17) is 9.72 Å². The van der Waals surface area contributed by atoms with Crippen molar-refractivity contribution in [3.05, 3.63) is 75.9 Å². The number of hydrogen-bond acceptors (Lipinski definition) is 9. The fourth-order valence-electron chi connectivity index (χ4n) is 5.18. The maximum absolute atomic E-state index is 13.9. The molecular formula is C33H36N6O4S. The third-order valence-corrected chi connectivity index (χ3v) is 8.65. The van der Waals surface area contributed by atoms with Gasteiger partial charge in [-0.05, 0) is 44.0 Å². The molecule has 2 amide bonds. The highest BCUT2D eigenvalue weighted by Gasteiger charge is 2.45. The van der Waals surface area contributed by atoms with Crippen LogP contribution in [0.2, 0.25) is 0 Å². The Kier molecular flexibility index (Phi) is 8.60. The number of anilines is 1. The lowest BCUT2D eigenvalue weighted by Gasteiger charge is -2.37. The van der Waals surface area contributed by atoms with Crippen LogP contribution in [-0.2, 0) is 4.79 Å². The van der Waals surface area contributed by atoms with Crippen molar-refractivity contribution in [3.63, 3.8) is 0 Å². The lowest BCUT2D eigenvalue weighted by atomic mass is 9.70. The van der Waals surface area contributed by atoms with Crippen LogP contribution in [0.4, 0.5) is 5.13 Å². The molecular weight excluding hydrogens is 576 g/mol. The molecule has 1 N–H and O–H groups in total. The van der Waals surface area contributed by atoms with Crippen LogP contribution in [-0.4, -0.2) is 56.3 Å². The van der Waals surface area contributed by atoms with Crippen LogP contribution in [0.1, 0.15) is 83.9 Å². The summed E-state index contributed by atoms with van der Waals surface area (Å²) in [5.74, 6) is 0.0744. The monoisotopic (exact) mass is 612 g/mol. The molecule has 11 heteroatoms. The van der Waals surface area contributed by atoms with Crippen LogP contribution in [0, 0.1) is 18.3 Å². The molecule has 4 aromatic rings. The number of hydrogen-bond donors (Lipinski definition) is 1. The maximum Gasteiger partial charge on any atom is 0.253 e. The summed E-state index contributed by atoms with van der Waals surface area (Å²) in [6, 6.07) is 15.0. The molecule has 228 valence electrons. The number of aryl methyl sites for hydroxylation is 1. The molecule has 1 aliphatic heterocycles. The number of ether oxygens (including phenoxy) is 1. The first-order valence-corrected chi connectivity index (χ1v) is 15.4. The number of Topliss-reactive ketones (excluding diaryl/α,β-unsaturated/α-hetero) is 1. The smallest absolute Gasteiger partial charge is 0.253 e. The Balaban J connectivity index is 1.47. The third kappa shape index (κ3) is 6.10. The quantitative estimate of drug-likeness (QED) is 0.212. The van der Waals surface area contributed by atoms with Gasteiger partial charge in [0.15, 0.2) is 10.8 Å². The molecule has 4 heterocycles. The van der Waals surface area contributed by atoms with Gasteiger partial charge in [-0.1, -0.05) is 63.3 Å². The Labute approximate surface area is 260 Å². The van der Waals surface area contributed by atoms with Crippen molar-refractivity contribution < 1.29 is 19.1 Å². The summed E-state index contributed by atoms with van der Waals surface area (Å²) in [4.78, 5) is 50.0. The van der Waals surface area contributed by atoms with Crippen molar-refractivity contribution in [2.75, 3.05) is 18.9 Å². The number of benzene rings is 1. The van der Waals surface area contributed by atoms with Gasteiger partial charge in [0.1, 0.15) is 0 Å². The van der Waals surface area contributed by atoms with Gasteiger partial charge in [-0.3, -0.25) is 14.4 Å². The molecule has 0 aliphatic carbocycles. The molecule has 0 fully saturated rings. The predicted octanol–water partition coefficient (Wildman–Crippen LogP) is 6.53. The molecule has 10 nitrogen and oxygen atoms in total. The minimum absolute atomic E-state index is 0.0471. The normalized spacial score (nSPS) is 14.0. The molecule has 5 rings (SSSR count). The van der Waals surface area contributed by atoms with Gasteiger partial charge in [-0.25, -0.2) is 9.97 Å². The van der Waals surface area contributed by atoms with Crippen molar-refractivity contribution in [2.24, 2.45) is 11.3 Å². The van der Waals surface area contributed by atoms with E-state index < -0.39 is 11.3 Å². The van der Waals surface area contributed by atoms with E-state index in [0.29, 0.717) is 36.0 Å². The van der Waals surface area contributed by atoms with E-state index in [1.54, 1.807) is 24.1 Å². The molecule has 1 aliphatic rings.